The van der Waals surface area contributed by atoms with Crippen LogP contribution >= 0.6 is 0 Å². The molecule has 0 saturated carbocycles. The third kappa shape index (κ3) is 6.80. The lowest BCUT2D eigenvalue weighted by molar-refractivity contribution is 0.238. The van der Waals surface area contributed by atoms with Crippen LogP contribution in [-0.4, -0.2) is 34.5 Å². The number of pyridine rings is 3. The van der Waals surface area contributed by atoms with Crippen LogP contribution in [0.25, 0.3) is 0 Å². The van der Waals surface area contributed by atoms with Crippen molar-refractivity contribution in [1.29, 1.82) is 0 Å². The van der Waals surface area contributed by atoms with E-state index in [0.29, 0.717) is 25.2 Å². The van der Waals surface area contributed by atoms with Crippen molar-refractivity contribution in [3.05, 3.63) is 89.8 Å². The monoisotopic (exact) mass is 398 g/mol. The van der Waals surface area contributed by atoms with Crippen LogP contribution in [0.1, 0.15) is 22.6 Å². The first-order chi connectivity index (χ1) is 13.5. The molecular formula is C20H22N4O3S. The molecule has 8 heteroatoms. The summed E-state index contributed by atoms with van der Waals surface area (Å²) in [6.45, 7) is 1.92. The van der Waals surface area contributed by atoms with Gasteiger partial charge in [0, 0.05) is 38.2 Å². The molecule has 0 bridgehead atoms. The van der Waals surface area contributed by atoms with Crippen molar-refractivity contribution in [3.63, 3.8) is 0 Å². The van der Waals surface area contributed by atoms with Crippen LogP contribution < -0.4 is 0 Å². The molecule has 3 rings (SSSR count). The molecule has 28 heavy (non-hydrogen) atoms. The molecule has 3 aromatic heterocycles. The van der Waals surface area contributed by atoms with Crippen molar-refractivity contribution < 1.29 is 12.6 Å². The van der Waals surface area contributed by atoms with Gasteiger partial charge in [0.15, 0.2) is 0 Å². The van der Waals surface area contributed by atoms with E-state index in [-0.39, 0.29) is 6.61 Å². The third-order valence-electron chi connectivity index (χ3n) is 3.93. The molecule has 7 nitrogen and oxygen atoms in total. The molecule has 0 aliphatic rings. The minimum absolute atomic E-state index is 0.0162. The smallest absolute Gasteiger partial charge is 0.264 e. The SMILES string of the molecule is CS(=O)(=O)OCc1ccc(CN(Cc2ccccn2)Cc2ccccn2)nc1. The summed E-state index contributed by atoms with van der Waals surface area (Å²) >= 11 is 0. The molecule has 146 valence electrons. The predicted octanol–water partition coefficient (Wildman–Crippen LogP) is 2.55. The van der Waals surface area contributed by atoms with Crippen LogP contribution in [0.2, 0.25) is 0 Å². The largest absolute Gasteiger partial charge is 0.286 e. The van der Waals surface area contributed by atoms with Crippen LogP contribution in [0.3, 0.4) is 0 Å². The Kier molecular flexibility index (Phi) is 6.80. The fraction of sp³-hybridized carbons (Fsp3) is 0.250. The van der Waals surface area contributed by atoms with Gasteiger partial charge < -0.3 is 0 Å². The van der Waals surface area contributed by atoms with Crippen LogP contribution in [0, 0.1) is 0 Å². The maximum atomic E-state index is 11.1. The molecule has 0 saturated heterocycles. The van der Waals surface area contributed by atoms with Gasteiger partial charge >= 0.3 is 0 Å². The van der Waals surface area contributed by atoms with Gasteiger partial charge in [0.25, 0.3) is 10.1 Å². The van der Waals surface area contributed by atoms with Gasteiger partial charge in [-0.15, -0.1) is 0 Å². The van der Waals surface area contributed by atoms with E-state index in [1.54, 1.807) is 18.6 Å². The molecule has 0 aromatic carbocycles. The normalized spacial score (nSPS) is 11.6. The van der Waals surface area contributed by atoms with E-state index in [4.69, 9.17) is 4.18 Å². The van der Waals surface area contributed by atoms with Gasteiger partial charge in [-0.3, -0.25) is 24.0 Å². The maximum absolute atomic E-state index is 11.1. The second-order valence-electron chi connectivity index (χ2n) is 6.41. The van der Waals surface area contributed by atoms with E-state index < -0.39 is 10.1 Å². The van der Waals surface area contributed by atoms with E-state index in [2.05, 4.69) is 19.9 Å². The highest BCUT2D eigenvalue weighted by atomic mass is 32.2. The van der Waals surface area contributed by atoms with Gasteiger partial charge in [-0.1, -0.05) is 18.2 Å². The molecule has 3 heterocycles. The van der Waals surface area contributed by atoms with Gasteiger partial charge in [-0.2, -0.15) is 8.42 Å². The van der Waals surface area contributed by atoms with E-state index in [1.807, 2.05) is 48.5 Å². The van der Waals surface area contributed by atoms with Crippen molar-refractivity contribution in [2.45, 2.75) is 26.2 Å². The van der Waals surface area contributed by atoms with Crippen molar-refractivity contribution >= 4 is 10.1 Å². The molecule has 0 aliphatic carbocycles. The van der Waals surface area contributed by atoms with Crippen molar-refractivity contribution in [1.82, 2.24) is 19.9 Å². The zero-order chi connectivity index (χ0) is 19.8. The molecule has 0 fully saturated rings. The number of hydrogen-bond acceptors (Lipinski definition) is 7. The first-order valence-electron chi connectivity index (χ1n) is 8.78. The molecule has 0 unspecified atom stereocenters. The molecule has 0 atom stereocenters. The summed E-state index contributed by atoms with van der Waals surface area (Å²) in [6.07, 6.45) is 6.23. The first-order valence-corrected chi connectivity index (χ1v) is 10.6. The summed E-state index contributed by atoms with van der Waals surface area (Å²) in [7, 11) is -3.47. The quantitative estimate of drug-likeness (QED) is 0.512. The number of aromatic nitrogens is 3. The zero-order valence-electron chi connectivity index (χ0n) is 15.6. The summed E-state index contributed by atoms with van der Waals surface area (Å²) < 4.78 is 27.0. The molecule has 0 amide bonds. The van der Waals surface area contributed by atoms with E-state index in [9.17, 15) is 8.42 Å². The topological polar surface area (TPSA) is 85.3 Å². The Bertz CT molecular complexity index is 924. The minimum atomic E-state index is -3.47. The molecule has 0 N–H and O–H groups in total. The summed E-state index contributed by atoms with van der Waals surface area (Å²) in [6, 6.07) is 15.4. The van der Waals surface area contributed by atoms with Crippen molar-refractivity contribution in [2.24, 2.45) is 0 Å². The summed E-state index contributed by atoms with van der Waals surface area (Å²) in [5.74, 6) is 0. The van der Waals surface area contributed by atoms with E-state index in [1.165, 1.54) is 0 Å². The van der Waals surface area contributed by atoms with Gasteiger partial charge in [0.1, 0.15) is 0 Å². The average molecular weight is 398 g/mol. The highest BCUT2D eigenvalue weighted by Gasteiger charge is 2.11. The van der Waals surface area contributed by atoms with Crippen molar-refractivity contribution in [3.8, 4) is 0 Å². The summed E-state index contributed by atoms with van der Waals surface area (Å²) in [5.41, 5.74) is 3.51. The van der Waals surface area contributed by atoms with E-state index >= 15 is 0 Å². The fourth-order valence-corrected chi connectivity index (χ4v) is 3.00. The zero-order valence-corrected chi connectivity index (χ0v) is 16.4. The van der Waals surface area contributed by atoms with Crippen LogP contribution in [0.4, 0.5) is 0 Å². The second-order valence-corrected chi connectivity index (χ2v) is 8.06. The summed E-state index contributed by atoms with van der Waals surface area (Å²) in [4.78, 5) is 15.5. The molecule has 0 radical (unpaired) electrons. The molecule has 0 spiro atoms. The lowest BCUT2D eigenvalue weighted by atomic mass is 10.2. The molecule has 0 aliphatic heterocycles. The Morgan fingerprint density at radius 3 is 1.82 bits per heavy atom. The molecule has 3 aromatic rings. The fourth-order valence-electron chi connectivity index (χ4n) is 2.65. The third-order valence-corrected chi connectivity index (χ3v) is 4.48. The van der Waals surface area contributed by atoms with Crippen molar-refractivity contribution in [2.75, 3.05) is 6.26 Å². The highest BCUT2D eigenvalue weighted by Crippen LogP contribution is 2.12. The first kappa shape index (κ1) is 20.1. The standard InChI is InChI=1S/C20H22N4O3S/c1-28(25,26)27-16-17-8-9-20(23-12-17)15-24(13-18-6-2-4-10-21-18)14-19-7-3-5-11-22-19/h2-12H,13-16H2,1H3. The highest BCUT2D eigenvalue weighted by molar-refractivity contribution is 7.85. The van der Waals surface area contributed by atoms with Gasteiger partial charge in [0.05, 0.1) is 29.9 Å². The maximum Gasteiger partial charge on any atom is 0.264 e. The number of rotatable bonds is 9. The Labute approximate surface area is 165 Å². The second kappa shape index (κ2) is 9.50. The van der Waals surface area contributed by atoms with Crippen LogP contribution in [-0.2, 0) is 40.5 Å². The van der Waals surface area contributed by atoms with Gasteiger partial charge in [-0.05, 0) is 35.9 Å². The van der Waals surface area contributed by atoms with Crippen LogP contribution in [0.5, 0.6) is 0 Å². The number of nitrogens with zero attached hydrogens (tertiary/aromatic N) is 4. The molecular weight excluding hydrogens is 376 g/mol. The van der Waals surface area contributed by atoms with Gasteiger partial charge in [-0.25, -0.2) is 0 Å². The lowest BCUT2D eigenvalue weighted by Gasteiger charge is -2.21. The van der Waals surface area contributed by atoms with Gasteiger partial charge in [0.2, 0.25) is 0 Å². The Hall–Kier alpha value is -2.68. The number of hydrogen-bond donors (Lipinski definition) is 0. The Balaban J connectivity index is 1.69. The van der Waals surface area contributed by atoms with Crippen LogP contribution in [0.15, 0.2) is 67.1 Å². The average Bonchev–Trinajstić information content (AvgIpc) is 2.68. The predicted molar refractivity (Wildman–Crippen MR) is 105 cm³/mol. The Morgan fingerprint density at radius 2 is 1.39 bits per heavy atom. The van der Waals surface area contributed by atoms with E-state index in [0.717, 1.165) is 23.3 Å². The lowest BCUT2D eigenvalue weighted by Crippen LogP contribution is -2.24. The Morgan fingerprint density at radius 1 is 0.821 bits per heavy atom. The summed E-state index contributed by atoms with van der Waals surface area (Å²) in [5, 5.41) is 0. The minimum Gasteiger partial charge on any atom is -0.286 e.